The molecular weight excluding hydrogens is 246 g/mol. The van der Waals surface area contributed by atoms with Crippen molar-refractivity contribution in [2.75, 3.05) is 26.3 Å². The van der Waals surface area contributed by atoms with Crippen molar-refractivity contribution in [3.8, 4) is 0 Å². The van der Waals surface area contributed by atoms with Crippen LogP contribution in [0.3, 0.4) is 0 Å². The highest BCUT2D eigenvalue weighted by atomic mass is 16.6. The van der Waals surface area contributed by atoms with Crippen molar-refractivity contribution < 1.29 is 19.4 Å². The second-order valence-corrected chi connectivity index (χ2v) is 5.99. The van der Waals surface area contributed by atoms with Crippen molar-refractivity contribution >= 4 is 6.09 Å². The fraction of sp³-hybridized carbons (Fsp3) is 0.929. The lowest BCUT2D eigenvalue weighted by Crippen LogP contribution is -2.41. The molecule has 0 bridgehead atoms. The van der Waals surface area contributed by atoms with E-state index >= 15 is 0 Å². The van der Waals surface area contributed by atoms with E-state index in [0.29, 0.717) is 19.6 Å². The predicted octanol–water partition coefficient (Wildman–Crippen LogP) is 2.17. The molecule has 0 aromatic carbocycles. The van der Waals surface area contributed by atoms with Crippen LogP contribution in [0.4, 0.5) is 4.79 Å². The zero-order chi connectivity index (χ0) is 14.3. The molecule has 0 aromatic heterocycles. The molecule has 0 spiro atoms. The Morgan fingerprint density at radius 2 is 2.11 bits per heavy atom. The van der Waals surface area contributed by atoms with Crippen molar-refractivity contribution in [3.63, 3.8) is 0 Å². The molecule has 112 valence electrons. The maximum absolute atomic E-state index is 12.1. The van der Waals surface area contributed by atoms with E-state index in [1.54, 1.807) is 4.90 Å². The Balaban J connectivity index is 2.46. The summed E-state index contributed by atoms with van der Waals surface area (Å²) in [5, 5.41) is 8.75. The number of nitrogens with zero attached hydrogens (tertiary/aromatic N) is 1. The van der Waals surface area contributed by atoms with Gasteiger partial charge in [0.05, 0.1) is 12.6 Å². The van der Waals surface area contributed by atoms with Crippen molar-refractivity contribution in [1.82, 2.24) is 4.90 Å². The van der Waals surface area contributed by atoms with Crippen LogP contribution in [0, 0.1) is 0 Å². The molecule has 0 aliphatic carbocycles. The van der Waals surface area contributed by atoms with Gasteiger partial charge in [-0.1, -0.05) is 0 Å². The van der Waals surface area contributed by atoms with Gasteiger partial charge < -0.3 is 19.5 Å². The van der Waals surface area contributed by atoms with Crippen LogP contribution in [0.2, 0.25) is 0 Å². The third-order valence-corrected chi connectivity index (χ3v) is 2.94. The van der Waals surface area contributed by atoms with Crippen LogP contribution < -0.4 is 0 Å². The number of aliphatic hydroxyl groups is 1. The first-order valence-corrected chi connectivity index (χ1v) is 7.13. The average Bonchev–Trinajstić information content (AvgIpc) is 2.53. The maximum Gasteiger partial charge on any atom is 0.410 e. The summed E-state index contributed by atoms with van der Waals surface area (Å²) >= 11 is 0. The van der Waals surface area contributed by atoms with E-state index in [9.17, 15) is 4.79 Å². The molecule has 1 N–H and O–H groups in total. The molecule has 1 heterocycles. The lowest BCUT2D eigenvalue weighted by molar-refractivity contribution is -0.00135. The van der Waals surface area contributed by atoms with Gasteiger partial charge in [0.1, 0.15) is 5.60 Å². The zero-order valence-corrected chi connectivity index (χ0v) is 12.4. The van der Waals surface area contributed by atoms with Crippen LogP contribution in [0.25, 0.3) is 0 Å². The van der Waals surface area contributed by atoms with E-state index in [4.69, 9.17) is 14.6 Å². The number of aliphatic hydroxyl groups excluding tert-OH is 1. The molecule has 1 amide bonds. The van der Waals surface area contributed by atoms with Gasteiger partial charge in [-0.05, 0) is 46.5 Å². The Labute approximate surface area is 115 Å². The molecular formula is C14H27NO4. The first kappa shape index (κ1) is 16.2. The van der Waals surface area contributed by atoms with Crippen molar-refractivity contribution in [2.24, 2.45) is 0 Å². The van der Waals surface area contributed by atoms with Gasteiger partial charge in [-0.3, -0.25) is 0 Å². The predicted molar refractivity (Wildman–Crippen MR) is 73.1 cm³/mol. The van der Waals surface area contributed by atoms with Crippen molar-refractivity contribution in [3.05, 3.63) is 0 Å². The van der Waals surface area contributed by atoms with Crippen molar-refractivity contribution in [1.29, 1.82) is 0 Å². The standard InChI is InChI=1S/C14H27NO4/c1-14(2,3)19-13(17)15-8-5-4-7-12(11-15)18-10-6-9-16/h12,16H,4-11H2,1-3H3. The summed E-state index contributed by atoms with van der Waals surface area (Å²) in [6.45, 7) is 7.62. The number of hydrogen-bond donors (Lipinski definition) is 1. The summed E-state index contributed by atoms with van der Waals surface area (Å²) in [5.74, 6) is 0. The second-order valence-electron chi connectivity index (χ2n) is 5.99. The lowest BCUT2D eigenvalue weighted by Gasteiger charge is -2.28. The first-order valence-electron chi connectivity index (χ1n) is 7.13. The largest absolute Gasteiger partial charge is 0.444 e. The van der Waals surface area contributed by atoms with Gasteiger partial charge in [-0.2, -0.15) is 0 Å². The van der Waals surface area contributed by atoms with Crippen molar-refractivity contribution in [2.45, 2.75) is 58.2 Å². The summed E-state index contributed by atoms with van der Waals surface area (Å²) in [6, 6.07) is 0. The van der Waals surface area contributed by atoms with E-state index in [-0.39, 0.29) is 18.8 Å². The number of amides is 1. The van der Waals surface area contributed by atoms with E-state index in [1.807, 2.05) is 20.8 Å². The highest BCUT2D eigenvalue weighted by Crippen LogP contribution is 2.17. The lowest BCUT2D eigenvalue weighted by atomic mass is 10.2. The van der Waals surface area contributed by atoms with Gasteiger partial charge in [0.15, 0.2) is 0 Å². The second kappa shape index (κ2) is 7.70. The van der Waals surface area contributed by atoms with Crippen LogP contribution in [0.5, 0.6) is 0 Å². The number of carbonyl (C=O) groups is 1. The molecule has 5 nitrogen and oxygen atoms in total. The molecule has 1 unspecified atom stereocenters. The molecule has 0 radical (unpaired) electrons. The fourth-order valence-corrected chi connectivity index (χ4v) is 2.05. The Kier molecular flexibility index (Phi) is 6.58. The third-order valence-electron chi connectivity index (χ3n) is 2.94. The van der Waals surface area contributed by atoms with E-state index in [0.717, 1.165) is 25.8 Å². The average molecular weight is 273 g/mol. The highest BCUT2D eigenvalue weighted by Gasteiger charge is 2.26. The van der Waals surface area contributed by atoms with Crippen LogP contribution in [-0.2, 0) is 9.47 Å². The Hall–Kier alpha value is -0.810. The fourth-order valence-electron chi connectivity index (χ4n) is 2.05. The monoisotopic (exact) mass is 273 g/mol. The number of carbonyl (C=O) groups excluding carboxylic acids is 1. The number of ether oxygens (including phenoxy) is 2. The van der Waals surface area contributed by atoms with Crippen LogP contribution >= 0.6 is 0 Å². The number of hydrogen-bond acceptors (Lipinski definition) is 4. The quantitative estimate of drug-likeness (QED) is 0.798. The minimum absolute atomic E-state index is 0.0570. The molecule has 1 aliphatic heterocycles. The highest BCUT2D eigenvalue weighted by molar-refractivity contribution is 5.68. The van der Waals surface area contributed by atoms with Gasteiger partial charge in [0.2, 0.25) is 0 Å². The van der Waals surface area contributed by atoms with Gasteiger partial charge in [-0.25, -0.2) is 4.79 Å². The molecule has 1 fully saturated rings. The van der Waals surface area contributed by atoms with Gasteiger partial charge in [-0.15, -0.1) is 0 Å². The van der Waals surface area contributed by atoms with E-state index < -0.39 is 5.60 Å². The minimum Gasteiger partial charge on any atom is -0.444 e. The Morgan fingerprint density at radius 3 is 2.74 bits per heavy atom. The molecule has 1 rings (SSSR count). The van der Waals surface area contributed by atoms with Gasteiger partial charge in [0.25, 0.3) is 0 Å². The molecule has 1 aliphatic rings. The molecule has 0 saturated carbocycles. The normalized spacial score (nSPS) is 21.1. The van der Waals surface area contributed by atoms with E-state index in [2.05, 4.69) is 0 Å². The first-order chi connectivity index (χ1) is 8.92. The van der Waals surface area contributed by atoms with Crippen LogP contribution in [0.1, 0.15) is 46.5 Å². The number of likely N-dealkylation sites (tertiary alicyclic amines) is 1. The topological polar surface area (TPSA) is 59.0 Å². The Bertz CT molecular complexity index is 275. The van der Waals surface area contributed by atoms with Crippen LogP contribution in [-0.4, -0.2) is 54.1 Å². The summed E-state index contributed by atoms with van der Waals surface area (Å²) in [4.78, 5) is 13.8. The maximum atomic E-state index is 12.1. The minimum atomic E-state index is -0.462. The SMILES string of the molecule is CC(C)(C)OC(=O)N1CCCCC(OCCCO)C1. The molecule has 1 saturated heterocycles. The summed E-state index contributed by atoms with van der Waals surface area (Å²) in [5.41, 5.74) is -0.462. The van der Waals surface area contributed by atoms with Crippen LogP contribution in [0.15, 0.2) is 0 Å². The van der Waals surface area contributed by atoms with Gasteiger partial charge in [0, 0.05) is 19.8 Å². The summed E-state index contributed by atoms with van der Waals surface area (Å²) in [6.07, 6.45) is 3.45. The molecule has 19 heavy (non-hydrogen) atoms. The molecule has 5 heteroatoms. The third kappa shape index (κ3) is 6.78. The zero-order valence-electron chi connectivity index (χ0n) is 12.4. The van der Waals surface area contributed by atoms with E-state index in [1.165, 1.54) is 0 Å². The summed E-state index contributed by atoms with van der Waals surface area (Å²) in [7, 11) is 0. The smallest absolute Gasteiger partial charge is 0.410 e. The summed E-state index contributed by atoms with van der Waals surface area (Å²) < 4.78 is 11.1. The molecule has 1 atom stereocenters. The Morgan fingerprint density at radius 1 is 1.37 bits per heavy atom. The molecule has 0 aromatic rings. The van der Waals surface area contributed by atoms with Gasteiger partial charge >= 0.3 is 6.09 Å². The number of rotatable bonds is 4.